The minimum atomic E-state index is -0.0164. The van der Waals surface area contributed by atoms with Crippen molar-refractivity contribution < 1.29 is 0 Å². The van der Waals surface area contributed by atoms with Crippen LogP contribution >= 0.6 is 11.8 Å². The smallest absolute Gasteiger partial charge is 0.184 e. The van der Waals surface area contributed by atoms with Crippen LogP contribution in [-0.4, -0.2) is 68.5 Å². The Hall–Kier alpha value is -3.09. The topological polar surface area (TPSA) is 76.1 Å². The van der Waals surface area contributed by atoms with Gasteiger partial charge in [-0.15, -0.1) is 5.10 Å². The van der Waals surface area contributed by atoms with Crippen LogP contribution < -0.4 is 5.01 Å². The first kappa shape index (κ1) is 25.6. The maximum absolute atomic E-state index is 9.57. The predicted octanol–water partition coefficient (Wildman–Crippen LogP) is 4.78. The number of fused-ring (bicyclic) bond motifs is 1. The molecule has 9 heteroatoms. The van der Waals surface area contributed by atoms with Gasteiger partial charge in [-0.05, 0) is 55.4 Å². The second-order valence-corrected chi connectivity index (χ2v) is 12.4. The van der Waals surface area contributed by atoms with Crippen LogP contribution in [0.15, 0.2) is 47.7 Å². The number of piperidine rings is 1. The van der Waals surface area contributed by atoms with Gasteiger partial charge >= 0.3 is 0 Å². The summed E-state index contributed by atoms with van der Waals surface area (Å²) in [5, 5.41) is 22.2. The molecule has 1 aromatic carbocycles. The highest BCUT2D eigenvalue weighted by Gasteiger charge is 2.26. The average molecular weight is 517 g/mol. The van der Waals surface area contributed by atoms with Crippen LogP contribution in [0.4, 0.5) is 5.82 Å². The maximum atomic E-state index is 9.57. The van der Waals surface area contributed by atoms with E-state index < -0.39 is 0 Å². The molecule has 2 aliphatic rings. The zero-order valence-corrected chi connectivity index (χ0v) is 23.1. The van der Waals surface area contributed by atoms with E-state index in [1.165, 1.54) is 37.1 Å². The van der Waals surface area contributed by atoms with Gasteiger partial charge in [0, 0.05) is 37.5 Å². The standard InChI is InChI=1S/C28H36N8S/c1-28(2,3)20-35(26-17-24(18-29)31-25-9-12-30-36(25)26)32-27-34(15-16-37-27)19-21-5-7-22(8-6-21)23-10-13-33(4)14-11-23/h5-9,12,17,23H,10-11,13-16,19-20H2,1-4H3/b32-27-. The molecule has 0 unspecified atom stereocenters. The third kappa shape index (κ3) is 6.08. The van der Waals surface area contributed by atoms with E-state index in [1.807, 2.05) is 11.1 Å². The van der Waals surface area contributed by atoms with Crippen molar-refractivity contribution in [2.24, 2.45) is 10.5 Å². The molecule has 0 radical (unpaired) electrons. The molecule has 0 saturated carbocycles. The van der Waals surface area contributed by atoms with Crippen molar-refractivity contribution >= 4 is 28.4 Å². The summed E-state index contributed by atoms with van der Waals surface area (Å²) in [6, 6.07) is 15.0. The first-order chi connectivity index (χ1) is 17.8. The maximum Gasteiger partial charge on any atom is 0.184 e. The molecule has 2 aliphatic heterocycles. The second kappa shape index (κ2) is 10.7. The number of hydrazone groups is 1. The SMILES string of the molecule is CN1CCC(c2ccc(CN3CCS/C3=N\N(CC(C)(C)C)c3cc(C#N)nc4ccnn34)cc2)CC1. The zero-order valence-electron chi connectivity index (χ0n) is 22.3. The molecule has 194 valence electrons. The molecule has 8 nitrogen and oxygen atoms in total. The highest BCUT2D eigenvalue weighted by Crippen LogP contribution is 2.29. The van der Waals surface area contributed by atoms with Crippen LogP contribution in [0.5, 0.6) is 0 Å². The summed E-state index contributed by atoms with van der Waals surface area (Å²) < 4.78 is 1.77. The first-order valence-corrected chi connectivity index (χ1v) is 14.0. The lowest BCUT2D eigenvalue weighted by atomic mass is 9.89. The number of hydrogen-bond acceptors (Lipinski definition) is 7. The summed E-state index contributed by atoms with van der Waals surface area (Å²) in [4.78, 5) is 9.17. The first-order valence-electron chi connectivity index (χ1n) is 13.1. The Balaban J connectivity index is 1.38. The Kier molecular flexibility index (Phi) is 7.40. The average Bonchev–Trinajstić information content (AvgIpc) is 3.52. The number of anilines is 1. The third-order valence-corrected chi connectivity index (χ3v) is 7.94. The van der Waals surface area contributed by atoms with Crippen molar-refractivity contribution in [2.45, 2.75) is 46.1 Å². The summed E-state index contributed by atoms with van der Waals surface area (Å²) in [6.45, 7) is 11.4. The molecule has 0 amide bonds. The van der Waals surface area contributed by atoms with E-state index in [1.54, 1.807) is 28.5 Å². The highest BCUT2D eigenvalue weighted by atomic mass is 32.2. The summed E-state index contributed by atoms with van der Waals surface area (Å²) in [6.07, 6.45) is 4.19. The van der Waals surface area contributed by atoms with Gasteiger partial charge in [0.25, 0.3) is 0 Å². The normalized spacial score (nSPS) is 18.6. The minimum Gasteiger partial charge on any atom is -0.345 e. The number of hydrogen-bond donors (Lipinski definition) is 0. The Morgan fingerprint density at radius 3 is 2.59 bits per heavy atom. The van der Waals surface area contributed by atoms with Gasteiger partial charge in [-0.25, -0.2) is 9.99 Å². The molecule has 2 aromatic heterocycles. The summed E-state index contributed by atoms with van der Waals surface area (Å²) in [7, 11) is 2.21. The Bertz CT molecular complexity index is 1290. The Labute approximate surface area is 224 Å². The second-order valence-electron chi connectivity index (χ2n) is 11.3. The van der Waals surface area contributed by atoms with Crippen molar-refractivity contribution in [1.82, 2.24) is 24.4 Å². The number of nitriles is 1. The molecular formula is C28H36N8S. The van der Waals surface area contributed by atoms with Crippen molar-refractivity contribution in [1.29, 1.82) is 5.26 Å². The van der Waals surface area contributed by atoms with Crippen LogP contribution in [-0.2, 0) is 6.54 Å². The number of rotatable bonds is 6. The fraction of sp³-hybridized carbons (Fsp3) is 0.500. The van der Waals surface area contributed by atoms with Gasteiger partial charge in [0.15, 0.2) is 16.6 Å². The van der Waals surface area contributed by atoms with Gasteiger partial charge < -0.3 is 9.80 Å². The van der Waals surface area contributed by atoms with Crippen LogP contribution in [0.2, 0.25) is 0 Å². The van der Waals surface area contributed by atoms with Crippen LogP contribution in [0, 0.1) is 16.7 Å². The van der Waals surface area contributed by atoms with E-state index in [0.717, 1.165) is 29.8 Å². The molecular weight excluding hydrogens is 480 g/mol. The molecule has 3 aromatic rings. The van der Waals surface area contributed by atoms with Gasteiger partial charge in [0.1, 0.15) is 11.8 Å². The molecule has 0 aliphatic carbocycles. The molecule has 0 atom stereocenters. The minimum absolute atomic E-state index is 0.0164. The van der Waals surface area contributed by atoms with E-state index in [9.17, 15) is 5.26 Å². The molecule has 2 saturated heterocycles. The van der Waals surface area contributed by atoms with E-state index in [0.29, 0.717) is 23.8 Å². The number of benzene rings is 1. The van der Waals surface area contributed by atoms with Gasteiger partial charge in [-0.2, -0.15) is 14.9 Å². The lowest BCUT2D eigenvalue weighted by Crippen LogP contribution is -2.33. The Morgan fingerprint density at radius 2 is 1.89 bits per heavy atom. The number of nitrogens with zero attached hydrogens (tertiary/aromatic N) is 8. The highest BCUT2D eigenvalue weighted by molar-refractivity contribution is 8.14. The number of amidine groups is 1. The predicted molar refractivity (Wildman–Crippen MR) is 151 cm³/mol. The molecule has 37 heavy (non-hydrogen) atoms. The number of thioether (sulfide) groups is 1. The van der Waals surface area contributed by atoms with Crippen LogP contribution in [0.25, 0.3) is 5.65 Å². The fourth-order valence-electron chi connectivity index (χ4n) is 4.99. The van der Waals surface area contributed by atoms with Gasteiger partial charge in [-0.3, -0.25) is 0 Å². The molecule has 4 heterocycles. The molecule has 5 rings (SSSR count). The van der Waals surface area contributed by atoms with Crippen molar-refractivity contribution in [3.05, 3.63) is 59.4 Å². The number of aromatic nitrogens is 3. The summed E-state index contributed by atoms with van der Waals surface area (Å²) >= 11 is 1.78. The van der Waals surface area contributed by atoms with Crippen molar-refractivity contribution in [3.63, 3.8) is 0 Å². The van der Waals surface area contributed by atoms with Crippen LogP contribution in [0.1, 0.15) is 56.4 Å². The Morgan fingerprint density at radius 1 is 1.14 bits per heavy atom. The molecule has 0 N–H and O–H groups in total. The lowest BCUT2D eigenvalue weighted by molar-refractivity contribution is 0.255. The summed E-state index contributed by atoms with van der Waals surface area (Å²) in [5.41, 5.74) is 3.76. The van der Waals surface area contributed by atoms with Crippen molar-refractivity contribution in [2.75, 3.05) is 44.0 Å². The van der Waals surface area contributed by atoms with Crippen molar-refractivity contribution in [3.8, 4) is 6.07 Å². The van der Waals surface area contributed by atoms with Gasteiger partial charge in [-0.1, -0.05) is 56.8 Å². The monoisotopic (exact) mass is 516 g/mol. The van der Waals surface area contributed by atoms with E-state index in [-0.39, 0.29) is 5.41 Å². The summed E-state index contributed by atoms with van der Waals surface area (Å²) in [5.74, 6) is 2.43. The van der Waals surface area contributed by atoms with Gasteiger partial charge in [0.2, 0.25) is 0 Å². The van der Waals surface area contributed by atoms with Gasteiger partial charge in [0.05, 0.1) is 6.20 Å². The van der Waals surface area contributed by atoms with E-state index >= 15 is 0 Å². The van der Waals surface area contributed by atoms with E-state index in [2.05, 4.69) is 78.0 Å². The molecule has 0 bridgehead atoms. The zero-order chi connectivity index (χ0) is 26.0. The quantitative estimate of drug-likeness (QED) is 0.436. The van der Waals surface area contributed by atoms with Crippen LogP contribution in [0.3, 0.4) is 0 Å². The lowest BCUT2D eigenvalue weighted by Gasteiger charge is -2.30. The van der Waals surface area contributed by atoms with E-state index in [4.69, 9.17) is 5.10 Å². The third-order valence-electron chi connectivity index (χ3n) is 6.96. The molecule has 2 fully saturated rings. The number of likely N-dealkylation sites (tertiary alicyclic amines) is 1. The fourth-order valence-corrected chi connectivity index (χ4v) is 5.98. The molecule has 0 spiro atoms. The largest absolute Gasteiger partial charge is 0.345 e.